The number of carbonyl (C=O) groups is 1. The summed E-state index contributed by atoms with van der Waals surface area (Å²) in [5, 5.41) is 9.45. The Morgan fingerprint density at radius 2 is 2.13 bits per heavy atom. The Hall–Kier alpha value is -2.76. The lowest BCUT2D eigenvalue weighted by molar-refractivity contribution is 0.0694. The molecule has 1 saturated carbocycles. The van der Waals surface area contributed by atoms with Crippen molar-refractivity contribution in [1.29, 1.82) is 0 Å². The maximum absolute atomic E-state index is 12.5. The minimum Gasteiger partial charge on any atom is -0.490 e. The van der Waals surface area contributed by atoms with Crippen LogP contribution in [0.3, 0.4) is 0 Å². The van der Waals surface area contributed by atoms with Crippen molar-refractivity contribution in [2.45, 2.75) is 52.0 Å². The van der Waals surface area contributed by atoms with E-state index in [2.05, 4.69) is 19.9 Å². The quantitative estimate of drug-likeness (QED) is 0.778. The molecule has 30 heavy (non-hydrogen) atoms. The van der Waals surface area contributed by atoms with Crippen molar-refractivity contribution in [3.8, 4) is 22.8 Å². The molecule has 2 aliphatic heterocycles. The number of aromatic nitrogens is 1. The number of ether oxygens (including phenoxy) is 2. The van der Waals surface area contributed by atoms with E-state index in [4.69, 9.17) is 9.47 Å². The highest BCUT2D eigenvalue weighted by Gasteiger charge is 2.34. The minimum atomic E-state index is -1.18. The van der Waals surface area contributed by atoms with Crippen molar-refractivity contribution in [2.24, 2.45) is 11.8 Å². The third-order valence-corrected chi connectivity index (χ3v) is 6.63. The van der Waals surface area contributed by atoms with E-state index < -0.39 is 11.4 Å². The molecule has 1 aromatic heterocycles. The van der Waals surface area contributed by atoms with Crippen molar-refractivity contribution in [1.82, 2.24) is 4.57 Å². The molecule has 1 aromatic carbocycles. The first kappa shape index (κ1) is 19.2. The van der Waals surface area contributed by atoms with E-state index in [0.29, 0.717) is 13.2 Å². The van der Waals surface area contributed by atoms with Crippen LogP contribution in [0, 0.1) is 11.8 Å². The number of nitrogens with zero attached hydrogens (tertiary/aromatic N) is 1. The van der Waals surface area contributed by atoms with Gasteiger partial charge < -0.3 is 19.1 Å². The molecule has 0 saturated heterocycles. The molecule has 6 heteroatoms. The van der Waals surface area contributed by atoms with E-state index in [0.717, 1.165) is 59.1 Å². The Balaban J connectivity index is 1.64. The van der Waals surface area contributed by atoms with Crippen LogP contribution in [-0.4, -0.2) is 28.9 Å². The summed E-state index contributed by atoms with van der Waals surface area (Å²) < 4.78 is 14.1. The first-order valence-corrected chi connectivity index (χ1v) is 10.9. The van der Waals surface area contributed by atoms with Crippen LogP contribution in [0.2, 0.25) is 0 Å². The lowest BCUT2D eigenvalue weighted by Gasteiger charge is -2.34. The predicted octanol–water partition coefficient (Wildman–Crippen LogP) is 4.08. The SMILES string of the molecule is CC(C)C1Cc2cc(OCCC3CC3)c3c(c2-c2cc(=O)c(C(=O)O)cn21)CCO3. The molecular weight excluding hydrogens is 382 g/mol. The van der Waals surface area contributed by atoms with Crippen LogP contribution in [-0.2, 0) is 12.8 Å². The molecule has 1 fully saturated rings. The van der Waals surface area contributed by atoms with Crippen molar-refractivity contribution in [2.75, 3.05) is 13.2 Å². The van der Waals surface area contributed by atoms with Gasteiger partial charge in [0, 0.05) is 35.9 Å². The largest absolute Gasteiger partial charge is 0.490 e. The summed E-state index contributed by atoms with van der Waals surface area (Å²) in [6.07, 6.45) is 6.75. The van der Waals surface area contributed by atoms with Gasteiger partial charge in [-0.25, -0.2) is 4.79 Å². The number of carboxylic acids is 1. The van der Waals surface area contributed by atoms with Crippen LogP contribution in [0.15, 0.2) is 23.1 Å². The van der Waals surface area contributed by atoms with E-state index in [-0.39, 0.29) is 17.5 Å². The Bertz CT molecular complexity index is 1080. The van der Waals surface area contributed by atoms with Crippen LogP contribution in [0.5, 0.6) is 11.5 Å². The standard InChI is InChI=1S/C24H27NO5/c1-13(2)18-9-15-10-21(29-7-5-14-3-4-14)23-16(6-8-30-23)22(15)19-11-20(26)17(24(27)28)12-25(18)19/h10-14,18H,3-9H2,1-2H3,(H,27,28). The Kier molecular flexibility index (Phi) is 4.60. The van der Waals surface area contributed by atoms with Crippen molar-refractivity contribution in [3.63, 3.8) is 0 Å². The van der Waals surface area contributed by atoms with Gasteiger partial charge in [-0.05, 0) is 36.3 Å². The fraction of sp³-hybridized carbons (Fsp3) is 0.500. The molecule has 1 aliphatic carbocycles. The summed E-state index contributed by atoms with van der Waals surface area (Å²) in [7, 11) is 0. The fourth-order valence-corrected chi connectivity index (χ4v) is 4.80. The first-order chi connectivity index (χ1) is 14.4. The number of benzene rings is 1. The van der Waals surface area contributed by atoms with E-state index in [9.17, 15) is 14.7 Å². The number of carboxylic acid groups (broad SMARTS) is 1. The van der Waals surface area contributed by atoms with E-state index in [1.54, 1.807) is 0 Å². The average molecular weight is 409 g/mol. The summed E-state index contributed by atoms with van der Waals surface area (Å²) in [5.41, 5.74) is 3.40. The summed E-state index contributed by atoms with van der Waals surface area (Å²) in [5.74, 6) is 1.50. The van der Waals surface area contributed by atoms with Gasteiger partial charge in [-0.15, -0.1) is 0 Å². The van der Waals surface area contributed by atoms with E-state index in [1.807, 2.05) is 4.57 Å². The monoisotopic (exact) mass is 409 g/mol. The molecule has 3 heterocycles. The minimum absolute atomic E-state index is 0.0749. The Morgan fingerprint density at radius 1 is 1.33 bits per heavy atom. The molecule has 6 nitrogen and oxygen atoms in total. The highest BCUT2D eigenvalue weighted by molar-refractivity contribution is 5.88. The van der Waals surface area contributed by atoms with Crippen LogP contribution < -0.4 is 14.9 Å². The van der Waals surface area contributed by atoms with Gasteiger partial charge >= 0.3 is 5.97 Å². The Labute approximate surface area is 175 Å². The molecule has 0 amide bonds. The summed E-state index contributed by atoms with van der Waals surface area (Å²) in [4.78, 5) is 24.1. The van der Waals surface area contributed by atoms with Crippen LogP contribution in [0.25, 0.3) is 11.3 Å². The number of hydrogen-bond donors (Lipinski definition) is 1. The molecular formula is C24H27NO5. The molecule has 1 N–H and O–H groups in total. The zero-order valence-electron chi connectivity index (χ0n) is 17.4. The van der Waals surface area contributed by atoms with Gasteiger partial charge in [0.25, 0.3) is 0 Å². The van der Waals surface area contributed by atoms with E-state index in [1.165, 1.54) is 25.1 Å². The van der Waals surface area contributed by atoms with Gasteiger partial charge in [-0.3, -0.25) is 4.79 Å². The first-order valence-electron chi connectivity index (χ1n) is 10.9. The second-order valence-electron chi connectivity index (χ2n) is 9.06. The van der Waals surface area contributed by atoms with Crippen LogP contribution >= 0.6 is 0 Å². The van der Waals surface area contributed by atoms with Gasteiger partial charge in [0.15, 0.2) is 16.9 Å². The zero-order valence-corrected chi connectivity index (χ0v) is 17.4. The molecule has 3 aliphatic rings. The highest BCUT2D eigenvalue weighted by atomic mass is 16.5. The highest BCUT2D eigenvalue weighted by Crippen LogP contribution is 2.48. The topological polar surface area (TPSA) is 77.8 Å². The second kappa shape index (κ2) is 7.18. The summed E-state index contributed by atoms with van der Waals surface area (Å²) >= 11 is 0. The molecule has 0 bridgehead atoms. The fourth-order valence-electron chi connectivity index (χ4n) is 4.80. The maximum atomic E-state index is 12.5. The van der Waals surface area contributed by atoms with E-state index >= 15 is 0 Å². The molecule has 2 aromatic rings. The van der Waals surface area contributed by atoms with Gasteiger partial charge in [0.1, 0.15) is 5.56 Å². The molecule has 5 rings (SSSR count). The van der Waals surface area contributed by atoms with Crippen molar-refractivity contribution in [3.05, 3.63) is 45.2 Å². The summed E-state index contributed by atoms with van der Waals surface area (Å²) in [6, 6.07) is 3.65. The number of aromatic carboxylic acids is 1. The molecule has 1 unspecified atom stereocenters. The van der Waals surface area contributed by atoms with Gasteiger partial charge in [0.05, 0.1) is 18.9 Å². The van der Waals surface area contributed by atoms with Crippen molar-refractivity contribution < 1.29 is 19.4 Å². The number of pyridine rings is 1. The number of rotatable bonds is 6. The maximum Gasteiger partial charge on any atom is 0.341 e. The normalized spacial score (nSPS) is 19.1. The lowest BCUT2D eigenvalue weighted by Crippen LogP contribution is -2.28. The van der Waals surface area contributed by atoms with Gasteiger partial charge in [-0.1, -0.05) is 26.7 Å². The molecule has 158 valence electrons. The van der Waals surface area contributed by atoms with Crippen molar-refractivity contribution >= 4 is 5.97 Å². The van der Waals surface area contributed by atoms with Crippen LogP contribution in [0.1, 0.15) is 60.6 Å². The van der Waals surface area contributed by atoms with Crippen LogP contribution in [0.4, 0.5) is 0 Å². The molecule has 1 atom stereocenters. The third-order valence-electron chi connectivity index (χ3n) is 6.63. The summed E-state index contributed by atoms with van der Waals surface area (Å²) in [6.45, 7) is 5.55. The van der Waals surface area contributed by atoms with Gasteiger partial charge in [-0.2, -0.15) is 0 Å². The third kappa shape index (κ3) is 3.18. The predicted molar refractivity (Wildman–Crippen MR) is 113 cm³/mol. The average Bonchev–Trinajstić information content (AvgIpc) is 3.39. The number of fused-ring (bicyclic) bond motifs is 5. The lowest BCUT2D eigenvalue weighted by atomic mass is 9.84. The Morgan fingerprint density at radius 3 is 2.83 bits per heavy atom. The smallest absolute Gasteiger partial charge is 0.341 e. The zero-order chi connectivity index (χ0) is 21.0. The number of hydrogen-bond acceptors (Lipinski definition) is 4. The molecule has 0 spiro atoms. The van der Waals surface area contributed by atoms with Gasteiger partial charge in [0.2, 0.25) is 0 Å². The second-order valence-corrected chi connectivity index (χ2v) is 9.06. The molecule has 0 radical (unpaired) electrons.